The third kappa shape index (κ3) is 2.38. The normalized spacial score (nSPS) is 12.6. The van der Waals surface area contributed by atoms with E-state index in [1.54, 1.807) is 12.1 Å². The van der Waals surface area contributed by atoms with Crippen LogP contribution in [0, 0.1) is 0 Å². The maximum Gasteiger partial charge on any atom is 0.167 e. The summed E-state index contributed by atoms with van der Waals surface area (Å²) in [6, 6.07) is 6.84. The van der Waals surface area contributed by atoms with Crippen molar-refractivity contribution >= 4 is 0 Å². The van der Waals surface area contributed by atoms with Gasteiger partial charge in [0, 0.05) is 6.42 Å². The van der Waals surface area contributed by atoms with Crippen LogP contribution in [0.1, 0.15) is 30.2 Å². The Morgan fingerprint density at radius 3 is 2.62 bits per heavy atom. The monoisotopic (exact) mass is 218 g/mol. The summed E-state index contributed by atoms with van der Waals surface area (Å²) >= 11 is 0. The lowest BCUT2D eigenvalue weighted by Gasteiger charge is -1.98. The molecule has 84 valence electrons. The van der Waals surface area contributed by atoms with Crippen LogP contribution in [0.3, 0.4) is 0 Å². The van der Waals surface area contributed by atoms with Crippen molar-refractivity contribution in [2.75, 3.05) is 0 Å². The van der Waals surface area contributed by atoms with E-state index in [9.17, 15) is 0 Å². The number of hydrogen-bond acceptors (Lipinski definition) is 4. The number of H-pyrrole nitrogens is 1. The van der Waals surface area contributed by atoms with Crippen LogP contribution in [0.15, 0.2) is 24.3 Å². The van der Waals surface area contributed by atoms with Crippen molar-refractivity contribution in [3.8, 4) is 5.75 Å². The lowest BCUT2D eigenvalue weighted by molar-refractivity contribution is 0.475. The highest BCUT2D eigenvalue weighted by atomic mass is 16.3. The number of hydrogen-bond donors (Lipinski definition) is 3. The summed E-state index contributed by atoms with van der Waals surface area (Å²) in [6.45, 7) is 1.84. The predicted octanol–water partition coefficient (Wildman–Crippen LogP) is 1.12. The van der Waals surface area contributed by atoms with Gasteiger partial charge in [-0.05, 0) is 24.6 Å². The second-order valence-electron chi connectivity index (χ2n) is 3.77. The molecule has 1 heterocycles. The molecule has 16 heavy (non-hydrogen) atoms. The molecule has 0 saturated carbocycles. The maximum absolute atomic E-state index is 9.15. The fourth-order valence-corrected chi connectivity index (χ4v) is 1.40. The predicted molar refractivity (Wildman–Crippen MR) is 59.9 cm³/mol. The smallest absolute Gasteiger partial charge is 0.167 e. The fourth-order valence-electron chi connectivity index (χ4n) is 1.40. The van der Waals surface area contributed by atoms with Crippen molar-refractivity contribution in [3.05, 3.63) is 41.5 Å². The molecule has 0 spiro atoms. The number of aromatic amines is 1. The molecule has 0 aliphatic heterocycles. The zero-order valence-corrected chi connectivity index (χ0v) is 9.01. The summed E-state index contributed by atoms with van der Waals surface area (Å²) in [4.78, 5) is 4.27. The first kappa shape index (κ1) is 10.6. The van der Waals surface area contributed by atoms with Crippen LogP contribution in [0.2, 0.25) is 0 Å². The first-order chi connectivity index (χ1) is 7.65. The van der Waals surface area contributed by atoms with Gasteiger partial charge in [0.05, 0.1) is 6.04 Å². The third-order valence-corrected chi connectivity index (χ3v) is 2.26. The lowest BCUT2D eigenvalue weighted by Crippen LogP contribution is -2.06. The molecule has 0 bridgehead atoms. The van der Waals surface area contributed by atoms with Crippen molar-refractivity contribution in [2.24, 2.45) is 5.73 Å². The second-order valence-corrected chi connectivity index (χ2v) is 3.77. The Hall–Kier alpha value is -1.88. The minimum Gasteiger partial charge on any atom is -0.508 e. The largest absolute Gasteiger partial charge is 0.508 e. The zero-order valence-electron chi connectivity index (χ0n) is 9.01. The minimum absolute atomic E-state index is 0.162. The molecule has 2 aromatic rings. The van der Waals surface area contributed by atoms with Crippen LogP contribution in [0.4, 0.5) is 0 Å². The molecule has 5 nitrogen and oxygen atoms in total. The van der Waals surface area contributed by atoms with Crippen LogP contribution in [-0.2, 0) is 6.42 Å². The molecule has 4 N–H and O–H groups in total. The Labute approximate surface area is 93.3 Å². The fraction of sp³-hybridized carbons (Fsp3) is 0.273. The molecule has 0 aliphatic carbocycles. The van der Waals surface area contributed by atoms with Crippen molar-refractivity contribution in [1.29, 1.82) is 0 Å². The third-order valence-electron chi connectivity index (χ3n) is 2.26. The Bertz CT molecular complexity index is 461. The summed E-state index contributed by atoms with van der Waals surface area (Å²) in [5, 5.41) is 16.0. The molecule has 0 saturated heterocycles. The quantitative estimate of drug-likeness (QED) is 0.720. The Morgan fingerprint density at radius 2 is 2.06 bits per heavy atom. The van der Waals surface area contributed by atoms with Gasteiger partial charge >= 0.3 is 0 Å². The van der Waals surface area contributed by atoms with E-state index in [0.717, 1.165) is 11.4 Å². The van der Waals surface area contributed by atoms with E-state index in [4.69, 9.17) is 10.8 Å². The Kier molecular flexibility index (Phi) is 2.87. The van der Waals surface area contributed by atoms with Gasteiger partial charge in [0.25, 0.3) is 0 Å². The van der Waals surface area contributed by atoms with Crippen molar-refractivity contribution < 1.29 is 5.11 Å². The average molecular weight is 218 g/mol. The van der Waals surface area contributed by atoms with Gasteiger partial charge < -0.3 is 10.8 Å². The van der Waals surface area contributed by atoms with Crippen LogP contribution >= 0.6 is 0 Å². The molecular formula is C11H14N4O. The lowest BCUT2D eigenvalue weighted by atomic mass is 10.1. The van der Waals surface area contributed by atoms with Gasteiger partial charge in [-0.2, -0.15) is 5.10 Å². The minimum atomic E-state index is -0.162. The Morgan fingerprint density at radius 1 is 1.38 bits per heavy atom. The van der Waals surface area contributed by atoms with Crippen molar-refractivity contribution in [2.45, 2.75) is 19.4 Å². The van der Waals surface area contributed by atoms with Gasteiger partial charge in [-0.15, -0.1) is 0 Å². The van der Waals surface area contributed by atoms with Crippen molar-refractivity contribution in [3.63, 3.8) is 0 Å². The van der Waals surface area contributed by atoms with E-state index in [0.29, 0.717) is 12.2 Å². The first-order valence-corrected chi connectivity index (χ1v) is 5.10. The van der Waals surface area contributed by atoms with Crippen LogP contribution in [0.5, 0.6) is 5.75 Å². The highest BCUT2D eigenvalue weighted by Crippen LogP contribution is 2.12. The molecule has 0 fully saturated rings. The van der Waals surface area contributed by atoms with Crippen LogP contribution in [0.25, 0.3) is 0 Å². The highest BCUT2D eigenvalue weighted by molar-refractivity contribution is 5.27. The van der Waals surface area contributed by atoms with Gasteiger partial charge in [0.2, 0.25) is 0 Å². The molecule has 1 unspecified atom stereocenters. The maximum atomic E-state index is 9.15. The number of rotatable bonds is 3. The number of nitrogens with one attached hydrogen (secondary N) is 1. The number of phenolic OH excluding ortho intramolecular Hbond substituents is 1. The average Bonchev–Trinajstić information content (AvgIpc) is 2.70. The van der Waals surface area contributed by atoms with Gasteiger partial charge in [-0.3, -0.25) is 5.10 Å². The number of aromatic nitrogens is 3. The standard InChI is InChI=1S/C11H14N4O/c1-7(12)11-13-10(14-15-11)6-8-2-4-9(16)5-3-8/h2-5,7,16H,6,12H2,1H3,(H,13,14,15). The number of nitrogens with two attached hydrogens (primary N) is 1. The molecule has 1 atom stereocenters. The van der Waals surface area contributed by atoms with E-state index >= 15 is 0 Å². The van der Waals surface area contributed by atoms with E-state index < -0.39 is 0 Å². The molecule has 0 radical (unpaired) electrons. The van der Waals surface area contributed by atoms with E-state index in [1.807, 2.05) is 19.1 Å². The summed E-state index contributed by atoms with van der Waals surface area (Å²) in [7, 11) is 0. The van der Waals surface area contributed by atoms with Crippen LogP contribution in [-0.4, -0.2) is 20.3 Å². The zero-order chi connectivity index (χ0) is 11.5. The highest BCUT2D eigenvalue weighted by Gasteiger charge is 2.07. The number of phenols is 1. The van der Waals surface area contributed by atoms with Gasteiger partial charge in [0.15, 0.2) is 5.82 Å². The van der Waals surface area contributed by atoms with Gasteiger partial charge in [-0.1, -0.05) is 12.1 Å². The topological polar surface area (TPSA) is 87.8 Å². The van der Waals surface area contributed by atoms with E-state index in [2.05, 4.69) is 15.2 Å². The van der Waals surface area contributed by atoms with E-state index in [1.165, 1.54) is 0 Å². The number of aromatic hydroxyl groups is 1. The summed E-state index contributed by atoms with van der Waals surface area (Å²) < 4.78 is 0. The molecule has 1 aromatic heterocycles. The number of benzene rings is 1. The first-order valence-electron chi connectivity index (χ1n) is 5.10. The molecule has 1 aromatic carbocycles. The second kappa shape index (κ2) is 4.32. The molecule has 2 rings (SSSR count). The Balaban J connectivity index is 2.11. The van der Waals surface area contributed by atoms with E-state index in [-0.39, 0.29) is 11.8 Å². The molecule has 0 aliphatic rings. The summed E-state index contributed by atoms with van der Waals surface area (Å²) in [5.41, 5.74) is 6.72. The van der Waals surface area contributed by atoms with Crippen LogP contribution < -0.4 is 5.73 Å². The molecule has 0 amide bonds. The van der Waals surface area contributed by atoms with Gasteiger partial charge in [0.1, 0.15) is 11.6 Å². The van der Waals surface area contributed by atoms with Gasteiger partial charge in [-0.25, -0.2) is 4.98 Å². The summed E-state index contributed by atoms with van der Waals surface area (Å²) in [5.74, 6) is 1.66. The number of nitrogens with zero attached hydrogens (tertiary/aromatic N) is 2. The van der Waals surface area contributed by atoms with Crippen molar-refractivity contribution in [1.82, 2.24) is 15.2 Å². The summed E-state index contributed by atoms with van der Waals surface area (Å²) in [6.07, 6.45) is 0.653. The SMILES string of the molecule is CC(N)c1n[nH]c(Cc2ccc(O)cc2)n1. The molecule has 5 heteroatoms. The molecular weight excluding hydrogens is 204 g/mol.